The molecule has 0 bridgehead atoms. The van der Waals surface area contributed by atoms with Crippen LogP contribution in [0, 0.1) is 0 Å². The van der Waals surface area contributed by atoms with Gasteiger partial charge in [0.2, 0.25) is 17.8 Å². The Kier molecular flexibility index (Phi) is 5.03. The maximum Gasteiger partial charge on any atom is 0.249 e. The molecular formula is C20H19N5O2S. The molecule has 0 aliphatic carbocycles. The lowest BCUT2D eigenvalue weighted by atomic mass is 10.1. The molecule has 1 aliphatic heterocycles. The molecule has 8 heteroatoms. The third kappa shape index (κ3) is 3.86. The van der Waals surface area contributed by atoms with E-state index >= 15 is 0 Å². The first-order valence-corrected chi connectivity index (χ1v) is 9.83. The van der Waals surface area contributed by atoms with Gasteiger partial charge >= 0.3 is 0 Å². The van der Waals surface area contributed by atoms with Crippen molar-refractivity contribution in [3.05, 3.63) is 54.1 Å². The fourth-order valence-corrected chi connectivity index (χ4v) is 3.87. The minimum Gasteiger partial charge on any atom is -0.324 e. The van der Waals surface area contributed by atoms with Crippen LogP contribution in [0.25, 0.3) is 10.2 Å². The van der Waals surface area contributed by atoms with Gasteiger partial charge in [0.05, 0.1) is 16.6 Å². The van der Waals surface area contributed by atoms with Crippen molar-refractivity contribution in [1.82, 2.24) is 10.3 Å². The summed E-state index contributed by atoms with van der Waals surface area (Å²) in [5, 5.41) is 9.18. The summed E-state index contributed by atoms with van der Waals surface area (Å²) in [5.74, 6) is -0.332. The van der Waals surface area contributed by atoms with E-state index in [0.717, 1.165) is 27.9 Å². The molecule has 4 rings (SSSR count). The summed E-state index contributed by atoms with van der Waals surface area (Å²) in [5.41, 5.74) is 2.65. The normalized spacial score (nSPS) is 16.4. The van der Waals surface area contributed by atoms with Crippen molar-refractivity contribution in [3.8, 4) is 0 Å². The number of para-hydroxylation sites is 2. The van der Waals surface area contributed by atoms with Gasteiger partial charge in [0.1, 0.15) is 6.04 Å². The van der Waals surface area contributed by atoms with E-state index in [0.29, 0.717) is 5.13 Å². The Hall–Kier alpha value is -3.26. The minimum absolute atomic E-state index is 0.00511. The van der Waals surface area contributed by atoms with Crippen molar-refractivity contribution in [2.75, 3.05) is 10.6 Å². The molecule has 2 aromatic carbocycles. The number of hydrogen-bond donors (Lipinski definition) is 3. The van der Waals surface area contributed by atoms with Crippen LogP contribution in [-0.4, -0.2) is 28.8 Å². The van der Waals surface area contributed by atoms with E-state index in [9.17, 15) is 9.59 Å². The highest BCUT2D eigenvalue weighted by molar-refractivity contribution is 7.22. The van der Waals surface area contributed by atoms with Crippen LogP contribution in [0.3, 0.4) is 0 Å². The van der Waals surface area contributed by atoms with Crippen LogP contribution in [0.4, 0.5) is 10.8 Å². The van der Waals surface area contributed by atoms with E-state index in [4.69, 9.17) is 0 Å². The SMILES string of the molecule is CCc1ccccc1NC(=O)[C@@H]1CC(=O)NC(Nc2nc3ccccc3s2)=N1. The zero-order valence-electron chi connectivity index (χ0n) is 15.2. The number of nitrogens with one attached hydrogen (secondary N) is 3. The summed E-state index contributed by atoms with van der Waals surface area (Å²) in [6, 6.07) is 14.6. The van der Waals surface area contributed by atoms with Gasteiger partial charge in [-0.15, -0.1) is 0 Å². The first-order valence-electron chi connectivity index (χ1n) is 9.01. The van der Waals surface area contributed by atoms with E-state index in [1.165, 1.54) is 11.3 Å². The second-order valence-corrected chi connectivity index (χ2v) is 7.39. The average Bonchev–Trinajstić information content (AvgIpc) is 3.10. The summed E-state index contributed by atoms with van der Waals surface area (Å²) in [6.45, 7) is 2.03. The van der Waals surface area contributed by atoms with Crippen molar-refractivity contribution < 1.29 is 9.59 Å². The number of benzene rings is 2. The zero-order chi connectivity index (χ0) is 19.5. The van der Waals surface area contributed by atoms with Crippen LogP contribution >= 0.6 is 11.3 Å². The number of aromatic nitrogens is 1. The third-order valence-electron chi connectivity index (χ3n) is 4.40. The lowest BCUT2D eigenvalue weighted by molar-refractivity contribution is -0.124. The van der Waals surface area contributed by atoms with E-state index in [1.807, 2.05) is 55.5 Å². The van der Waals surface area contributed by atoms with Crippen LogP contribution in [0.1, 0.15) is 18.9 Å². The summed E-state index contributed by atoms with van der Waals surface area (Å²) in [4.78, 5) is 33.6. The molecule has 1 aromatic heterocycles. The number of aliphatic imine (C=N–C) groups is 1. The Labute approximate surface area is 165 Å². The molecule has 142 valence electrons. The third-order valence-corrected chi connectivity index (χ3v) is 5.35. The molecule has 3 aromatic rings. The van der Waals surface area contributed by atoms with Crippen molar-refractivity contribution >= 4 is 50.1 Å². The number of nitrogens with zero attached hydrogens (tertiary/aromatic N) is 2. The Morgan fingerprint density at radius 2 is 2.00 bits per heavy atom. The maximum absolute atomic E-state index is 12.7. The lowest BCUT2D eigenvalue weighted by Crippen LogP contribution is -2.45. The standard InChI is InChI=1S/C20H19N5O2S/c1-2-12-7-3-4-8-13(12)21-18(27)15-11-17(26)24-19(22-15)25-20-23-14-9-5-6-10-16(14)28-20/h3-10,15H,2,11H2,1H3,(H,21,27)(H2,22,23,24,25,26)/t15-/m0/s1. The van der Waals surface area contributed by atoms with Gasteiger partial charge in [-0.1, -0.05) is 48.6 Å². The molecule has 0 spiro atoms. The van der Waals surface area contributed by atoms with E-state index < -0.39 is 6.04 Å². The molecule has 1 aliphatic rings. The van der Waals surface area contributed by atoms with Crippen molar-refractivity contribution in [2.24, 2.45) is 4.99 Å². The predicted molar refractivity (Wildman–Crippen MR) is 112 cm³/mol. The van der Waals surface area contributed by atoms with Gasteiger partial charge < -0.3 is 10.6 Å². The van der Waals surface area contributed by atoms with Gasteiger partial charge in [-0.2, -0.15) is 0 Å². The molecule has 0 saturated heterocycles. The topological polar surface area (TPSA) is 95.5 Å². The fraction of sp³-hybridized carbons (Fsp3) is 0.200. The van der Waals surface area contributed by atoms with E-state index in [1.54, 1.807) is 0 Å². The summed E-state index contributed by atoms with van der Waals surface area (Å²) < 4.78 is 1.03. The molecule has 0 fully saturated rings. The van der Waals surface area contributed by atoms with Crippen LogP contribution in [0.2, 0.25) is 0 Å². The second-order valence-electron chi connectivity index (χ2n) is 6.36. The zero-order valence-corrected chi connectivity index (χ0v) is 16.0. The Morgan fingerprint density at radius 3 is 2.82 bits per heavy atom. The Balaban J connectivity index is 1.52. The van der Waals surface area contributed by atoms with Gasteiger partial charge in [0.15, 0.2) is 5.13 Å². The molecule has 1 atom stereocenters. The summed E-state index contributed by atoms with van der Waals surface area (Å²) in [7, 11) is 0. The first-order chi connectivity index (χ1) is 13.6. The number of thiazole rings is 1. The highest BCUT2D eigenvalue weighted by Crippen LogP contribution is 2.25. The van der Waals surface area contributed by atoms with E-state index in [2.05, 4.69) is 25.9 Å². The first kappa shape index (κ1) is 18.1. The highest BCUT2D eigenvalue weighted by Gasteiger charge is 2.27. The Morgan fingerprint density at radius 1 is 1.21 bits per heavy atom. The quantitative estimate of drug-likeness (QED) is 0.634. The van der Waals surface area contributed by atoms with Gasteiger partial charge in [0.25, 0.3) is 0 Å². The number of rotatable bonds is 4. The number of fused-ring (bicyclic) bond motifs is 1. The van der Waals surface area contributed by atoms with Crippen molar-refractivity contribution in [2.45, 2.75) is 25.8 Å². The molecule has 0 unspecified atom stereocenters. The number of hydrogen-bond acceptors (Lipinski definition) is 6. The highest BCUT2D eigenvalue weighted by atomic mass is 32.1. The molecule has 0 radical (unpaired) electrons. The van der Waals surface area contributed by atoms with Gasteiger partial charge in [-0.3, -0.25) is 14.9 Å². The van der Waals surface area contributed by atoms with Gasteiger partial charge in [-0.25, -0.2) is 9.98 Å². The fourth-order valence-electron chi connectivity index (χ4n) is 3.00. The number of carbonyl (C=O) groups excluding carboxylic acids is 2. The van der Waals surface area contributed by atoms with Crippen LogP contribution in [0.15, 0.2) is 53.5 Å². The maximum atomic E-state index is 12.7. The molecule has 3 N–H and O–H groups in total. The largest absolute Gasteiger partial charge is 0.324 e. The molecule has 0 saturated carbocycles. The smallest absolute Gasteiger partial charge is 0.249 e. The molecule has 28 heavy (non-hydrogen) atoms. The van der Waals surface area contributed by atoms with Gasteiger partial charge in [-0.05, 0) is 30.2 Å². The average molecular weight is 393 g/mol. The summed E-state index contributed by atoms with van der Waals surface area (Å²) in [6.07, 6.45) is 0.806. The van der Waals surface area contributed by atoms with Crippen LogP contribution < -0.4 is 16.0 Å². The number of anilines is 2. The molecule has 2 amide bonds. The monoisotopic (exact) mass is 393 g/mol. The molecular weight excluding hydrogens is 374 g/mol. The van der Waals surface area contributed by atoms with Crippen molar-refractivity contribution in [1.29, 1.82) is 0 Å². The number of aryl methyl sites for hydroxylation is 1. The number of carbonyl (C=O) groups is 2. The number of guanidine groups is 1. The van der Waals surface area contributed by atoms with Crippen LogP contribution in [-0.2, 0) is 16.0 Å². The van der Waals surface area contributed by atoms with Gasteiger partial charge in [0, 0.05) is 5.69 Å². The van der Waals surface area contributed by atoms with Crippen LogP contribution in [0.5, 0.6) is 0 Å². The molecule has 7 nitrogen and oxygen atoms in total. The molecule has 2 heterocycles. The number of amides is 2. The predicted octanol–water partition coefficient (Wildman–Crippen LogP) is 3.15. The minimum atomic E-state index is -0.796. The van der Waals surface area contributed by atoms with E-state index in [-0.39, 0.29) is 24.2 Å². The lowest BCUT2D eigenvalue weighted by Gasteiger charge is -2.21. The second kappa shape index (κ2) is 7.77. The summed E-state index contributed by atoms with van der Waals surface area (Å²) >= 11 is 1.45. The van der Waals surface area contributed by atoms with Crippen molar-refractivity contribution in [3.63, 3.8) is 0 Å². The Bertz CT molecular complexity index is 1040.